The zero-order chi connectivity index (χ0) is 14.3. The molecule has 5 heteroatoms. The van der Waals surface area contributed by atoms with E-state index in [1.54, 1.807) is 0 Å². The van der Waals surface area contributed by atoms with E-state index in [9.17, 15) is 4.79 Å². The Kier molecular flexibility index (Phi) is 6.12. The van der Waals surface area contributed by atoms with Gasteiger partial charge < -0.3 is 15.7 Å². The van der Waals surface area contributed by atoms with E-state index in [1.165, 1.54) is 0 Å². The topological polar surface area (TPSA) is 61.4 Å². The van der Waals surface area contributed by atoms with Gasteiger partial charge in [0.25, 0.3) is 0 Å². The summed E-state index contributed by atoms with van der Waals surface area (Å²) in [6.45, 7) is 4.93. The van der Waals surface area contributed by atoms with Crippen LogP contribution in [0.5, 0.6) is 0 Å². The summed E-state index contributed by atoms with van der Waals surface area (Å²) in [6.07, 6.45) is 0.827. The predicted octanol–water partition coefficient (Wildman–Crippen LogP) is 2.20. The molecule has 19 heavy (non-hydrogen) atoms. The van der Waals surface area contributed by atoms with Crippen molar-refractivity contribution in [2.45, 2.75) is 20.3 Å². The standard InChI is InChI=1S/C14H21ClN2O2/c1-14(2,10-17-13(19)16-6-7-18)9-11-4-3-5-12(15)8-11/h3-5,8,18H,6-7,9-10H2,1-2H3,(H2,16,17,19). The molecule has 1 rings (SSSR count). The number of nitrogens with one attached hydrogen (secondary N) is 2. The third-order valence-electron chi connectivity index (χ3n) is 2.70. The second kappa shape index (κ2) is 7.36. The van der Waals surface area contributed by atoms with Crippen LogP contribution in [0.4, 0.5) is 4.79 Å². The molecule has 4 nitrogen and oxygen atoms in total. The summed E-state index contributed by atoms with van der Waals surface area (Å²) in [6, 6.07) is 7.48. The zero-order valence-electron chi connectivity index (χ0n) is 11.4. The normalized spacial score (nSPS) is 11.2. The maximum atomic E-state index is 11.4. The van der Waals surface area contributed by atoms with Crippen LogP contribution in [0.1, 0.15) is 19.4 Å². The van der Waals surface area contributed by atoms with Gasteiger partial charge in [0.05, 0.1) is 6.61 Å². The van der Waals surface area contributed by atoms with Crippen molar-refractivity contribution in [2.75, 3.05) is 19.7 Å². The maximum absolute atomic E-state index is 11.4. The third kappa shape index (κ3) is 6.45. The largest absolute Gasteiger partial charge is 0.395 e. The molecule has 0 aliphatic carbocycles. The van der Waals surface area contributed by atoms with Crippen LogP contribution in [0.25, 0.3) is 0 Å². The lowest BCUT2D eigenvalue weighted by molar-refractivity contribution is 0.227. The minimum atomic E-state index is -0.256. The molecular formula is C14H21ClN2O2. The Balaban J connectivity index is 2.45. The first kappa shape index (κ1) is 15.8. The molecule has 0 aliphatic rings. The highest BCUT2D eigenvalue weighted by Crippen LogP contribution is 2.22. The molecule has 0 spiro atoms. The number of carbonyl (C=O) groups excluding carboxylic acids is 1. The van der Waals surface area contributed by atoms with Crippen molar-refractivity contribution in [1.82, 2.24) is 10.6 Å². The van der Waals surface area contributed by atoms with Gasteiger partial charge in [-0.3, -0.25) is 0 Å². The Morgan fingerprint density at radius 2 is 2.11 bits per heavy atom. The average molecular weight is 285 g/mol. The van der Waals surface area contributed by atoms with Crippen LogP contribution in [0.3, 0.4) is 0 Å². The SMILES string of the molecule is CC(C)(CNC(=O)NCCO)Cc1cccc(Cl)c1. The monoisotopic (exact) mass is 284 g/mol. The van der Waals surface area contributed by atoms with Crippen molar-refractivity contribution in [3.05, 3.63) is 34.9 Å². The molecule has 3 N–H and O–H groups in total. The first-order chi connectivity index (χ1) is 8.93. The van der Waals surface area contributed by atoms with E-state index < -0.39 is 0 Å². The summed E-state index contributed by atoms with van der Waals surface area (Å²) < 4.78 is 0. The highest BCUT2D eigenvalue weighted by molar-refractivity contribution is 6.30. The quantitative estimate of drug-likeness (QED) is 0.750. The van der Waals surface area contributed by atoms with Gasteiger partial charge in [-0.1, -0.05) is 37.6 Å². The van der Waals surface area contributed by atoms with Crippen LogP contribution < -0.4 is 10.6 Å². The molecule has 0 aliphatic heterocycles. The number of urea groups is 1. The van der Waals surface area contributed by atoms with Crippen LogP contribution in [-0.4, -0.2) is 30.8 Å². The highest BCUT2D eigenvalue weighted by Gasteiger charge is 2.19. The van der Waals surface area contributed by atoms with Crippen LogP contribution in [-0.2, 0) is 6.42 Å². The van der Waals surface area contributed by atoms with Crippen molar-refractivity contribution >= 4 is 17.6 Å². The zero-order valence-corrected chi connectivity index (χ0v) is 12.1. The molecule has 0 saturated carbocycles. The number of halogens is 1. The molecule has 2 amide bonds. The van der Waals surface area contributed by atoms with Gasteiger partial charge in [0, 0.05) is 18.1 Å². The van der Waals surface area contributed by atoms with Gasteiger partial charge >= 0.3 is 6.03 Å². The third-order valence-corrected chi connectivity index (χ3v) is 2.93. The van der Waals surface area contributed by atoms with Crippen LogP contribution in [0.15, 0.2) is 24.3 Å². The molecule has 0 aromatic heterocycles. The molecule has 0 atom stereocenters. The van der Waals surface area contributed by atoms with Crippen LogP contribution in [0.2, 0.25) is 5.02 Å². The molecule has 0 fully saturated rings. The summed E-state index contributed by atoms with van der Waals surface area (Å²) in [5, 5.41) is 14.7. The van der Waals surface area contributed by atoms with E-state index in [-0.39, 0.29) is 24.6 Å². The number of hydrogen-bond donors (Lipinski definition) is 3. The van der Waals surface area contributed by atoms with Crippen molar-refractivity contribution in [1.29, 1.82) is 0 Å². The smallest absolute Gasteiger partial charge is 0.314 e. The van der Waals surface area contributed by atoms with Crippen LogP contribution in [0, 0.1) is 5.41 Å². The molecular weight excluding hydrogens is 264 g/mol. The van der Waals surface area contributed by atoms with E-state index in [2.05, 4.69) is 24.5 Å². The number of benzene rings is 1. The number of carbonyl (C=O) groups is 1. The fourth-order valence-electron chi connectivity index (χ4n) is 1.81. The molecule has 0 saturated heterocycles. The fraction of sp³-hybridized carbons (Fsp3) is 0.500. The minimum absolute atomic E-state index is 0.0562. The van der Waals surface area contributed by atoms with Crippen molar-refractivity contribution in [2.24, 2.45) is 5.41 Å². The maximum Gasteiger partial charge on any atom is 0.314 e. The van der Waals surface area contributed by atoms with E-state index >= 15 is 0 Å². The van der Waals surface area contributed by atoms with Crippen molar-refractivity contribution in [3.8, 4) is 0 Å². The Bertz CT molecular complexity index is 422. The molecule has 0 unspecified atom stereocenters. The molecule has 1 aromatic rings. The van der Waals surface area contributed by atoms with Gasteiger partial charge in [0.1, 0.15) is 0 Å². The molecule has 0 bridgehead atoms. The fourth-order valence-corrected chi connectivity index (χ4v) is 2.03. The second-order valence-electron chi connectivity index (χ2n) is 5.30. The predicted molar refractivity (Wildman–Crippen MR) is 77.4 cm³/mol. The van der Waals surface area contributed by atoms with Gasteiger partial charge in [-0.25, -0.2) is 4.79 Å². The lowest BCUT2D eigenvalue weighted by atomic mass is 9.86. The number of aliphatic hydroxyl groups is 1. The van der Waals surface area contributed by atoms with E-state index in [0.717, 1.165) is 17.0 Å². The van der Waals surface area contributed by atoms with Gasteiger partial charge in [-0.05, 0) is 29.5 Å². The van der Waals surface area contributed by atoms with Crippen molar-refractivity contribution in [3.63, 3.8) is 0 Å². The minimum Gasteiger partial charge on any atom is -0.395 e. The summed E-state index contributed by atoms with van der Waals surface area (Å²) in [4.78, 5) is 11.4. The number of rotatable bonds is 6. The molecule has 106 valence electrons. The van der Waals surface area contributed by atoms with E-state index in [4.69, 9.17) is 16.7 Å². The lowest BCUT2D eigenvalue weighted by Gasteiger charge is -2.25. The van der Waals surface area contributed by atoms with E-state index in [1.807, 2.05) is 24.3 Å². The Morgan fingerprint density at radius 1 is 1.37 bits per heavy atom. The summed E-state index contributed by atoms with van der Waals surface area (Å²) >= 11 is 5.96. The Morgan fingerprint density at radius 3 is 2.74 bits per heavy atom. The van der Waals surface area contributed by atoms with Gasteiger partial charge in [0.15, 0.2) is 0 Å². The van der Waals surface area contributed by atoms with Crippen LogP contribution >= 0.6 is 11.6 Å². The average Bonchev–Trinajstić information content (AvgIpc) is 2.33. The first-order valence-electron chi connectivity index (χ1n) is 6.30. The summed E-state index contributed by atoms with van der Waals surface area (Å²) in [5.74, 6) is 0. The second-order valence-corrected chi connectivity index (χ2v) is 5.74. The Labute approximate surface area is 119 Å². The first-order valence-corrected chi connectivity index (χ1v) is 6.68. The molecule has 1 aromatic carbocycles. The Hall–Kier alpha value is -1.26. The number of hydrogen-bond acceptors (Lipinski definition) is 2. The van der Waals surface area contributed by atoms with Gasteiger partial charge in [-0.2, -0.15) is 0 Å². The van der Waals surface area contributed by atoms with Gasteiger partial charge in [-0.15, -0.1) is 0 Å². The van der Waals surface area contributed by atoms with E-state index in [0.29, 0.717) is 6.54 Å². The summed E-state index contributed by atoms with van der Waals surface area (Å²) in [5.41, 5.74) is 1.08. The molecule has 0 radical (unpaired) electrons. The molecule has 0 heterocycles. The summed E-state index contributed by atoms with van der Waals surface area (Å²) in [7, 11) is 0. The van der Waals surface area contributed by atoms with Gasteiger partial charge in [0.2, 0.25) is 0 Å². The van der Waals surface area contributed by atoms with Crippen molar-refractivity contribution < 1.29 is 9.90 Å². The highest BCUT2D eigenvalue weighted by atomic mass is 35.5. The lowest BCUT2D eigenvalue weighted by Crippen LogP contribution is -2.42. The number of amides is 2. The number of aliphatic hydroxyl groups excluding tert-OH is 1.